The Morgan fingerprint density at radius 1 is 1.40 bits per heavy atom. The van der Waals surface area contributed by atoms with Gasteiger partial charge in [0.2, 0.25) is 11.9 Å². The molecule has 0 fully saturated rings. The highest BCUT2D eigenvalue weighted by atomic mass is 16.5. The fourth-order valence-electron chi connectivity index (χ4n) is 1.50. The number of hydrogen-bond donors (Lipinski definition) is 2. The lowest BCUT2D eigenvalue weighted by atomic mass is 10.5. The molecule has 0 unspecified atom stereocenters. The maximum Gasteiger partial charge on any atom is 0.241 e. The lowest BCUT2D eigenvalue weighted by Gasteiger charge is -2.04. The number of hydrogen-bond acceptors (Lipinski definition) is 6. The van der Waals surface area contributed by atoms with Crippen molar-refractivity contribution in [3.8, 4) is 0 Å². The molecule has 1 amide bonds. The average Bonchev–Trinajstić information content (AvgIpc) is 2.87. The average molecular weight is 276 g/mol. The normalized spacial score (nSPS) is 10.2. The second-order valence-corrected chi connectivity index (χ2v) is 3.97. The predicted octanol–water partition coefficient (Wildman–Crippen LogP) is 0.179. The topological polar surface area (TPSA) is 94.0 Å². The molecule has 0 saturated carbocycles. The van der Waals surface area contributed by atoms with Gasteiger partial charge in [0.1, 0.15) is 6.54 Å². The molecule has 8 nitrogen and oxygen atoms in total. The Bertz CT molecular complexity index is 542. The molecule has 0 aliphatic rings. The van der Waals surface area contributed by atoms with Crippen LogP contribution in [0.15, 0.2) is 30.9 Å². The zero-order valence-corrected chi connectivity index (χ0v) is 11.1. The Balaban J connectivity index is 1.84. The van der Waals surface area contributed by atoms with Crippen molar-refractivity contribution >= 4 is 17.5 Å². The van der Waals surface area contributed by atoms with E-state index in [-0.39, 0.29) is 12.5 Å². The van der Waals surface area contributed by atoms with Gasteiger partial charge in [-0.1, -0.05) is 0 Å². The SMILES string of the molecule is COCCNC(=O)Cn1cc(Nc2ncccn2)cn1. The van der Waals surface area contributed by atoms with E-state index >= 15 is 0 Å². The van der Waals surface area contributed by atoms with E-state index < -0.39 is 0 Å². The summed E-state index contributed by atoms with van der Waals surface area (Å²) in [5.74, 6) is 0.365. The minimum absolute atomic E-state index is 0.118. The molecule has 0 aliphatic carbocycles. The van der Waals surface area contributed by atoms with Gasteiger partial charge < -0.3 is 15.4 Å². The molecule has 0 aliphatic heterocycles. The standard InChI is InChI=1S/C12H16N6O2/c1-20-6-5-13-11(19)9-18-8-10(7-16-18)17-12-14-3-2-4-15-12/h2-4,7-8H,5-6,9H2,1H3,(H,13,19)(H,14,15,17). The van der Waals surface area contributed by atoms with Crippen molar-refractivity contribution in [2.75, 3.05) is 25.6 Å². The first kappa shape index (κ1) is 13.9. The van der Waals surface area contributed by atoms with Crippen molar-refractivity contribution in [3.63, 3.8) is 0 Å². The van der Waals surface area contributed by atoms with Crippen LogP contribution < -0.4 is 10.6 Å². The molecule has 0 atom stereocenters. The predicted molar refractivity (Wildman–Crippen MR) is 72.4 cm³/mol. The fourth-order valence-corrected chi connectivity index (χ4v) is 1.50. The van der Waals surface area contributed by atoms with Crippen LogP contribution in [0, 0.1) is 0 Å². The van der Waals surface area contributed by atoms with Gasteiger partial charge in [-0.25, -0.2) is 9.97 Å². The number of nitrogens with one attached hydrogen (secondary N) is 2. The van der Waals surface area contributed by atoms with Gasteiger partial charge in [-0.05, 0) is 6.07 Å². The minimum Gasteiger partial charge on any atom is -0.383 e. The molecule has 2 aromatic rings. The van der Waals surface area contributed by atoms with Gasteiger partial charge in [0.05, 0.1) is 18.5 Å². The number of aromatic nitrogens is 4. The van der Waals surface area contributed by atoms with Gasteiger partial charge in [-0.2, -0.15) is 5.10 Å². The number of rotatable bonds is 7. The minimum atomic E-state index is -0.118. The van der Waals surface area contributed by atoms with Gasteiger partial charge >= 0.3 is 0 Å². The Hall–Kier alpha value is -2.48. The van der Waals surface area contributed by atoms with Crippen molar-refractivity contribution in [3.05, 3.63) is 30.9 Å². The summed E-state index contributed by atoms with van der Waals surface area (Å²) >= 11 is 0. The molecular formula is C12H16N6O2. The van der Waals surface area contributed by atoms with E-state index in [2.05, 4.69) is 25.7 Å². The first-order chi connectivity index (χ1) is 9.78. The quantitative estimate of drug-likeness (QED) is 0.701. The Kier molecular flexibility index (Phi) is 5.01. The van der Waals surface area contributed by atoms with E-state index in [9.17, 15) is 4.79 Å². The molecule has 106 valence electrons. The van der Waals surface area contributed by atoms with Crippen LogP contribution in [0.25, 0.3) is 0 Å². The summed E-state index contributed by atoms with van der Waals surface area (Å²) in [4.78, 5) is 19.7. The van der Waals surface area contributed by atoms with Gasteiger partial charge in [0.25, 0.3) is 0 Å². The smallest absolute Gasteiger partial charge is 0.241 e. The Morgan fingerprint density at radius 3 is 2.95 bits per heavy atom. The zero-order valence-electron chi connectivity index (χ0n) is 11.1. The van der Waals surface area contributed by atoms with Crippen molar-refractivity contribution in [2.24, 2.45) is 0 Å². The number of ether oxygens (including phenoxy) is 1. The van der Waals surface area contributed by atoms with Crippen LogP contribution in [0.1, 0.15) is 0 Å². The maximum absolute atomic E-state index is 11.6. The third-order valence-corrected chi connectivity index (χ3v) is 2.39. The third kappa shape index (κ3) is 4.32. The van der Waals surface area contributed by atoms with Gasteiger partial charge in [0.15, 0.2) is 0 Å². The summed E-state index contributed by atoms with van der Waals surface area (Å²) in [6.45, 7) is 1.13. The number of anilines is 2. The fraction of sp³-hybridized carbons (Fsp3) is 0.333. The second kappa shape index (κ2) is 7.19. The third-order valence-electron chi connectivity index (χ3n) is 2.39. The molecule has 0 spiro atoms. The van der Waals surface area contributed by atoms with Crippen LogP contribution in [0.2, 0.25) is 0 Å². The number of amides is 1. The summed E-state index contributed by atoms with van der Waals surface area (Å²) < 4.78 is 6.39. The second-order valence-electron chi connectivity index (χ2n) is 3.97. The number of methoxy groups -OCH3 is 1. The molecule has 2 aromatic heterocycles. The van der Waals surface area contributed by atoms with Crippen LogP contribution in [0.5, 0.6) is 0 Å². The molecule has 0 saturated heterocycles. The highest BCUT2D eigenvalue weighted by Crippen LogP contribution is 2.09. The summed E-state index contributed by atoms with van der Waals surface area (Å²) in [7, 11) is 1.59. The zero-order chi connectivity index (χ0) is 14.2. The van der Waals surface area contributed by atoms with E-state index in [1.165, 1.54) is 4.68 Å². The summed E-state index contributed by atoms with van der Waals surface area (Å²) in [5.41, 5.74) is 0.723. The molecular weight excluding hydrogens is 260 g/mol. The molecule has 2 N–H and O–H groups in total. The highest BCUT2D eigenvalue weighted by Gasteiger charge is 2.05. The van der Waals surface area contributed by atoms with Crippen molar-refractivity contribution in [2.45, 2.75) is 6.54 Å². The lowest BCUT2D eigenvalue weighted by molar-refractivity contribution is -0.122. The van der Waals surface area contributed by atoms with E-state index in [4.69, 9.17) is 4.74 Å². The summed E-state index contributed by atoms with van der Waals surface area (Å²) in [6, 6.07) is 1.74. The molecule has 0 radical (unpaired) electrons. The van der Waals surface area contributed by atoms with Crippen molar-refractivity contribution in [1.82, 2.24) is 25.1 Å². The molecule has 20 heavy (non-hydrogen) atoms. The van der Waals surface area contributed by atoms with Gasteiger partial charge in [-0.3, -0.25) is 9.48 Å². The van der Waals surface area contributed by atoms with Crippen LogP contribution >= 0.6 is 0 Å². The van der Waals surface area contributed by atoms with Crippen LogP contribution in [0.3, 0.4) is 0 Å². The number of carbonyl (C=O) groups excluding carboxylic acids is 1. The molecule has 0 bridgehead atoms. The maximum atomic E-state index is 11.6. The van der Waals surface area contributed by atoms with E-state index in [0.29, 0.717) is 19.1 Å². The monoisotopic (exact) mass is 276 g/mol. The van der Waals surface area contributed by atoms with Crippen LogP contribution in [0.4, 0.5) is 11.6 Å². The van der Waals surface area contributed by atoms with Crippen LogP contribution in [-0.2, 0) is 16.1 Å². The highest BCUT2D eigenvalue weighted by molar-refractivity contribution is 5.75. The first-order valence-corrected chi connectivity index (χ1v) is 6.10. The molecule has 8 heteroatoms. The van der Waals surface area contributed by atoms with Crippen LogP contribution in [-0.4, -0.2) is 45.9 Å². The van der Waals surface area contributed by atoms with Gasteiger partial charge in [-0.15, -0.1) is 0 Å². The lowest BCUT2D eigenvalue weighted by Crippen LogP contribution is -2.30. The molecule has 0 aromatic carbocycles. The van der Waals surface area contributed by atoms with Crippen molar-refractivity contribution in [1.29, 1.82) is 0 Å². The summed E-state index contributed by atoms with van der Waals surface area (Å²) in [5, 5.41) is 9.80. The first-order valence-electron chi connectivity index (χ1n) is 6.10. The largest absolute Gasteiger partial charge is 0.383 e. The van der Waals surface area contributed by atoms with E-state index in [1.54, 1.807) is 38.0 Å². The summed E-state index contributed by atoms with van der Waals surface area (Å²) in [6.07, 6.45) is 6.61. The molecule has 2 heterocycles. The van der Waals surface area contributed by atoms with Gasteiger partial charge in [0, 0.05) is 32.2 Å². The Labute approximate surface area is 116 Å². The Morgan fingerprint density at radius 2 is 2.20 bits per heavy atom. The molecule has 2 rings (SSSR count). The van der Waals surface area contributed by atoms with E-state index in [1.807, 2.05) is 0 Å². The number of carbonyl (C=O) groups is 1. The number of nitrogens with zero attached hydrogens (tertiary/aromatic N) is 4. The van der Waals surface area contributed by atoms with Crippen molar-refractivity contribution < 1.29 is 9.53 Å². The van der Waals surface area contributed by atoms with E-state index in [0.717, 1.165) is 5.69 Å².